The van der Waals surface area contributed by atoms with Gasteiger partial charge in [0.05, 0.1) is 12.2 Å². The Kier molecular flexibility index (Phi) is 6.44. The zero-order valence-electron chi connectivity index (χ0n) is 17.0. The third-order valence-electron chi connectivity index (χ3n) is 4.16. The van der Waals surface area contributed by atoms with Gasteiger partial charge in [0.1, 0.15) is 0 Å². The molecule has 0 radical (unpaired) electrons. The summed E-state index contributed by atoms with van der Waals surface area (Å²) in [6, 6.07) is 0. The number of aliphatic hydroxyl groups is 1. The fraction of sp³-hybridized carbons (Fsp3) is 0.524. The van der Waals surface area contributed by atoms with Crippen LogP contribution < -0.4 is 0 Å². The maximum absolute atomic E-state index is 12.1. The monoisotopic (exact) mass is 374 g/mol. The summed E-state index contributed by atoms with van der Waals surface area (Å²) in [5, 5.41) is 17.7. The topological polar surface area (TPSA) is 84.4 Å². The maximum Gasteiger partial charge on any atom is 0.359 e. The summed E-state index contributed by atoms with van der Waals surface area (Å²) in [4.78, 5) is 12.1. The number of ether oxygens (including phenoxy) is 2. The molecule has 2 rings (SSSR count). The molecule has 0 aliphatic heterocycles. The molecule has 1 unspecified atom stereocenters. The van der Waals surface area contributed by atoms with E-state index in [-0.39, 0.29) is 0 Å². The number of aromatic nitrogens is 2. The summed E-state index contributed by atoms with van der Waals surface area (Å²) >= 11 is 0. The second kappa shape index (κ2) is 8.23. The predicted molar refractivity (Wildman–Crippen MR) is 104 cm³/mol. The largest absolute Gasteiger partial charge is 0.461 e. The normalized spacial score (nSPS) is 17.0. The first-order valence-corrected chi connectivity index (χ1v) is 9.24. The van der Waals surface area contributed by atoms with Crippen LogP contribution in [-0.4, -0.2) is 39.3 Å². The molecule has 1 aromatic heterocycles. The first-order chi connectivity index (χ1) is 12.5. The minimum Gasteiger partial charge on any atom is -0.461 e. The van der Waals surface area contributed by atoms with Crippen LogP contribution >= 0.6 is 0 Å². The summed E-state index contributed by atoms with van der Waals surface area (Å²) in [6.45, 7) is 11.3. The molecule has 6 heteroatoms. The molecule has 1 atom stereocenters. The van der Waals surface area contributed by atoms with Gasteiger partial charge < -0.3 is 14.6 Å². The van der Waals surface area contributed by atoms with Crippen molar-refractivity contribution >= 4 is 5.97 Å². The Morgan fingerprint density at radius 2 is 1.96 bits per heavy atom. The minimum atomic E-state index is -1.38. The van der Waals surface area contributed by atoms with E-state index in [0.29, 0.717) is 30.7 Å². The molecule has 6 nitrogen and oxygen atoms in total. The van der Waals surface area contributed by atoms with Crippen LogP contribution in [0.4, 0.5) is 0 Å². The van der Waals surface area contributed by atoms with Gasteiger partial charge in [0.25, 0.3) is 0 Å². The van der Waals surface area contributed by atoms with E-state index in [2.05, 4.69) is 16.3 Å². The van der Waals surface area contributed by atoms with Crippen molar-refractivity contribution in [1.82, 2.24) is 10.2 Å². The van der Waals surface area contributed by atoms with E-state index in [1.54, 1.807) is 13.8 Å². The summed E-state index contributed by atoms with van der Waals surface area (Å²) in [5.74, 6) is -1.80. The molecule has 0 amide bonds. The molecule has 148 valence electrons. The van der Waals surface area contributed by atoms with Crippen molar-refractivity contribution in [3.05, 3.63) is 52.4 Å². The van der Waals surface area contributed by atoms with E-state index in [1.165, 1.54) is 0 Å². The number of aryl methyl sites for hydroxylation is 1. The van der Waals surface area contributed by atoms with Gasteiger partial charge in [-0.25, -0.2) is 4.79 Å². The Hall–Kier alpha value is -2.18. The number of nitrogens with zero attached hydrogens (tertiary/aromatic N) is 1. The molecule has 1 aromatic rings. The highest BCUT2D eigenvalue weighted by Gasteiger charge is 2.31. The Morgan fingerprint density at radius 1 is 1.26 bits per heavy atom. The van der Waals surface area contributed by atoms with Crippen molar-refractivity contribution in [3.63, 3.8) is 0 Å². The van der Waals surface area contributed by atoms with Crippen molar-refractivity contribution < 1.29 is 19.4 Å². The van der Waals surface area contributed by atoms with Gasteiger partial charge in [-0.2, -0.15) is 5.10 Å². The zero-order valence-corrected chi connectivity index (χ0v) is 17.0. The van der Waals surface area contributed by atoms with Crippen LogP contribution in [0.1, 0.15) is 62.8 Å². The number of nitrogens with one attached hydrogen (secondary N) is 1. The van der Waals surface area contributed by atoms with Crippen molar-refractivity contribution in [2.24, 2.45) is 0 Å². The molecule has 0 spiro atoms. The number of aromatic amines is 1. The SMILES string of the molecule is CCOC(=O)c1n[nH]c(C)c1CC1=CCC=C(C(C)(O)OC(C)(C)C)C=C1. The lowest BCUT2D eigenvalue weighted by Crippen LogP contribution is -2.38. The van der Waals surface area contributed by atoms with Gasteiger partial charge in [-0.05, 0) is 53.5 Å². The van der Waals surface area contributed by atoms with Gasteiger partial charge in [0.2, 0.25) is 0 Å². The Bertz CT molecular complexity index is 777. The molecular weight excluding hydrogens is 344 g/mol. The molecule has 1 heterocycles. The van der Waals surface area contributed by atoms with Gasteiger partial charge in [-0.1, -0.05) is 24.3 Å². The van der Waals surface area contributed by atoms with Gasteiger partial charge in [0.15, 0.2) is 11.5 Å². The Balaban J connectivity index is 2.17. The highest BCUT2D eigenvalue weighted by atomic mass is 16.6. The fourth-order valence-corrected chi connectivity index (χ4v) is 3.04. The van der Waals surface area contributed by atoms with Crippen molar-refractivity contribution in [2.45, 2.75) is 65.8 Å². The number of carbonyl (C=O) groups is 1. The van der Waals surface area contributed by atoms with Gasteiger partial charge in [-0.15, -0.1) is 0 Å². The Morgan fingerprint density at radius 3 is 2.59 bits per heavy atom. The maximum atomic E-state index is 12.1. The summed E-state index contributed by atoms with van der Waals surface area (Å²) in [5.41, 5.74) is 3.26. The average molecular weight is 374 g/mol. The van der Waals surface area contributed by atoms with Crippen LogP contribution in [0.15, 0.2) is 35.5 Å². The molecule has 2 N–H and O–H groups in total. The number of hydrogen-bond donors (Lipinski definition) is 2. The molecule has 27 heavy (non-hydrogen) atoms. The first-order valence-electron chi connectivity index (χ1n) is 9.24. The first kappa shape index (κ1) is 21.1. The molecule has 1 aliphatic carbocycles. The highest BCUT2D eigenvalue weighted by molar-refractivity contribution is 5.89. The lowest BCUT2D eigenvalue weighted by atomic mass is 10.0. The molecular formula is C21H30N2O4. The highest BCUT2D eigenvalue weighted by Crippen LogP contribution is 2.29. The molecule has 0 saturated heterocycles. The second-order valence-corrected chi connectivity index (χ2v) is 7.78. The van der Waals surface area contributed by atoms with Crippen LogP contribution in [0.3, 0.4) is 0 Å². The number of carbonyl (C=O) groups excluding carboxylic acids is 1. The van der Waals surface area contributed by atoms with E-state index in [4.69, 9.17) is 9.47 Å². The van der Waals surface area contributed by atoms with E-state index >= 15 is 0 Å². The number of rotatable bonds is 6. The van der Waals surface area contributed by atoms with Crippen LogP contribution in [0, 0.1) is 6.92 Å². The molecule has 0 saturated carbocycles. The third-order valence-corrected chi connectivity index (χ3v) is 4.16. The number of H-pyrrole nitrogens is 1. The van der Waals surface area contributed by atoms with Gasteiger partial charge in [-0.3, -0.25) is 5.10 Å². The van der Waals surface area contributed by atoms with E-state index in [0.717, 1.165) is 16.8 Å². The molecule has 0 fully saturated rings. The van der Waals surface area contributed by atoms with Crippen LogP contribution in [-0.2, 0) is 15.9 Å². The predicted octanol–water partition coefficient (Wildman–Crippen LogP) is 3.77. The third kappa shape index (κ3) is 5.65. The molecule has 1 aliphatic rings. The summed E-state index contributed by atoms with van der Waals surface area (Å²) in [7, 11) is 0. The van der Waals surface area contributed by atoms with Gasteiger partial charge in [0, 0.05) is 23.3 Å². The summed E-state index contributed by atoms with van der Waals surface area (Å²) in [6.07, 6.45) is 9.04. The zero-order chi connectivity index (χ0) is 20.2. The number of hydrogen-bond acceptors (Lipinski definition) is 5. The lowest BCUT2D eigenvalue weighted by molar-refractivity contribution is -0.215. The van der Waals surface area contributed by atoms with Crippen molar-refractivity contribution in [1.29, 1.82) is 0 Å². The smallest absolute Gasteiger partial charge is 0.359 e. The van der Waals surface area contributed by atoms with Crippen LogP contribution in [0.25, 0.3) is 0 Å². The quantitative estimate of drug-likeness (QED) is 0.585. The minimum absolute atomic E-state index is 0.308. The van der Waals surface area contributed by atoms with E-state index in [9.17, 15) is 9.90 Å². The van der Waals surface area contributed by atoms with Crippen LogP contribution in [0.5, 0.6) is 0 Å². The summed E-state index contributed by atoms with van der Waals surface area (Å²) < 4.78 is 10.9. The second-order valence-electron chi connectivity index (χ2n) is 7.78. The number of esters is 1. The lowest BCUT2D eigenvalue weighted by Gasteiger charge is -2.33. The van der Waals surface area contributed by atoms with Crippen molar-refractivity contribution in [2.75, 3.05) is 6.61 Å². The Labute approximate surface area is 161 Å². The van der Waals surface area contributed by atoms with Crippen molar-refractivity contribution in [3.8, 4) is 0 Å². The van der Waals surface area contributed by atoms with Gasteiger partial charge >= 0.3 is 5.97 Å². The number of allylic oxidation sites excluding steroid dienone is 4. The standard InChI is InChI=1S/C21H30N2O4/c1-7-26-19(24)18-17(14(2)22-23-18)13-15-9-8-10-16(12-11-15)21(6,25)27-20(3,4)5/h9-12,25H,7-8,13H2,1-6H3,(H,22,23). The molecule has 0 bridgehead atoms. The fourth-order valence-electron chi connectivity index (χ4n) is 3.04. The van der Waals surface area contributed by atoms with E-state index < -0.39 is 17.4 Å². The average Bonchev–Trinajstić information content (AvgIpc) is 2.74. The van der Waals surface area contributed by atoms with Crippen LogP contribution in [0.2, 0.25) is 0 Å². The van der Waals surface area contributed by atoms with E-state index in [1.807, 2.05) is 45.9 Å². The molecule has 0 aromatic carbocycles.